The van der Waals surface area contributed by atoms with E-state index in [1.54, 1.807) is 0 Å². The van der Waals surface area contributed by atoms with Crippen molar-refractivity contribution in [3.8, 4) is 0 Å². The summed E-state index contributed by atoms with van der Waals surface area (Å²) in [6.07, 6.45) is 0. The van der Waals surface area contributed by atoms with E-state index < -0.39 is 5.97 Å². The Labute approximate surface area is 65.4 Å². The van der Waals surface area contributed by atoms with Gasteiger partial charge in [0.05, 0.1) is 0 Å². The number of aliphatic carboxylic acids is 1. The smallest absolute Gasteiger partial charge is 0.264 e. The monoisotopic (exact) mass is 164 g/mol. The summed E-state index contributed by atoms with van der Waals surface area (Å²) < 4.78 is 0. The van der Waals surface area contributed by atoms with Crippen molar-refractivity contribution >= 4 is 23.3 Å². The molecule has 0 saturated carbocycles. The fraction of sp³-hybridized carbons (Fsp3) is 0.600. The normalized spacial score (nSPS) is 7.10. The van der Waals surface area contributed by atoms with Gasteiger partial charge in [-0.25, -0.2) is 0 Å². The number of carbonyl (C=O) groups excluding carboxylic acids is 1. The number of nitrogens with one attached hydrogen (secondary N) is 1. The van der Waals surface area contributed by atoms with Crippen LogP contribution in [-0.2, 0) is 4.79 Å². The summed E-state index contributed by atoms with van der Waals surface area (Å²) in [5, 5.41) is 12.3. The van der Waals surface area contributed by atoms with Crippen LogP contribution in [0.15, 0.2) is 0 Å². The minimum Gasteiger partial charge on any atom is -0.550 e. The predicted octanol–water partition coefficient (Wildman–Crippen LogP) is -2.12. The summed E-state index contributed by atoms with van der Waals surface area (Å²) in [5.41, 5.74) is 3.45. The lowest BCUT2D eigenvalue weighted by atomic mass is 10.8. The fourth-order valence-electron chi connectivity index (χ4n) is 0.197. The van der Waals surface area contributed by atoms with Crippen LogP contribution in [0.1, 0.15) is 13.8 Å². The molecule has 0 unspecified atom stereocenters. The molecule has 0 aromatic heterocycles. The van der Waals surface area contributed by atoms with E-state index in [9.17, 15) is 0 Å². The van der Waals surface area contributed by atoms with E-state index in [2.05, 4.69) is 23.3 Å². The van der Waals surface area contributed by atoms with E-state index in [1.807, 2.05) is 6.92 Å². The van der Waals surface area contributed by atoms with Gasteiger partial charge >= 0.3 is 0 Å². The summed E-state index contributed by atoms with van der Waals surface area (Å²) >= 11 is 4.57. The Hall–Kier alpha value is -0.680. The summed E-state index contributed by atoms with van der Waals surface area (Å²) in [5.74, 6) is -1.08. The van der Waals surface area contributed by atoms with Gasteiger partial charge in [-0.3, -0.25) is 0 Å². The maximum absolute atomic E-state index is 8.89. The average Bonchev–Trinajstić information content (AvgIpc) is 1.62. The maximum Gasteiger partial charge on any atom is 0.264 e. The van der Waals surface area contributed by atoms with Crippen LogP contribution in [0.5, 0.6) is 0 Å². The number of rotatable bonds is 1. The van der Waals surface area contributed by atoms with Crippen LogP contribution in [-0.4, -0.2) is 17.6 Å². The van der Waals surface area contributed by atoms with Gasteiger partial charge in [-0.1, -0.05) is 0 Å². The van der Waals surface area contributed by atoms with Crippen LogP contribution in [0.2, 0.25) is 0 Å². The first kappa shape index (κ1) is 12.0. The summed E-state index contributed by atoms with van der Waals surface area (Å²) in [7, 11) is 0. The summed E-state index contributed by atoms with van der Waals surface area (Å²) in [6, 6.07) is 0. The van der Waals surface area contributed by atoms with Crippen molar-refractivity contribution in [1.82, 2.24) is 5.32 Å². The minimum atomic E-state index is -1.08. The molecule has 0 atom stereocenters. The molecule has 0 radical (unpaired) electrons. The van der Waals surface area contributed by atoms with Crippen LogP contribution >= 0.6 is 12.2 Å². The molecule has 0 aliphatic carbocycles. The number of carboxylic acids is 1. The molecule has 0 heterocycles. The minimum absolute atomic E-state index is 0.623. The van der Waals surface area contributed by atoms with Crippen molar-refractivity contribution in [2.75, 3.05) is 6.54 Å². The summed E-state index contributed by atoms with van der Waals surface area (Å²) in [4.78, 5) is 8.89. The molecule has 0 spiro atoms. The standard InChI is InChI=1S/C3H8N2S.C2H4O2/c1-2-5-3(4)6;1-2(3)4/h2H2,1H3,(H3,4,5,6);1H3,(H,3,4). The third-order valence-electron chi connectivity index (χ3n) is 0.374. The average molecular weight is 164 g/mol. The zero-order chi connectivity index (χ0) is 8.57. The van der Waals surface area contributed by atoms with Gasteiger partial charge in [0.15, 0.2) is 0 Å². The highest BCUT2D eigenvalue weighted by atomic mass is 32.1. The van der Waals surface area contributed by atoms with Crippen LogP contribution in [0, 0.1) is 0 Å². The van der Waals surface area contributed by atoms with Gasteiger partial charge in [0, 0.05) is 24.7 Å². The molecule has 0 fully saturated rings. The van der Waals surface area contributed by atoms with E-state index >= 15 is 0 Å². The number of thiocarbonyl (C=S) groups is 1. The zero-order valence-corrected chi connectivity index (χ0v) is 6.96. The Morgan fingerprint density at radius 3 is 2.10 bits per heavy atom. The highest BCUT2D eigenvalue weighted by molar-refractivity contribution is 7.79. The zero-order valence-electron chi connectivity index (χ0n) is 6.14. The third-order valence-corrected chi connectivity index (χ3v) is 0.518. The van der Waals surface area contributed by atoms with Gasteiger partial charge in [0.25, 0.3) is 5.11 Å². The van der Waals surface area contributed by atoms with Gasteiger partial charge in [-0.05, 0) is 13.8 Å². The Bertz CT molecular complexity index is 112. The van der Waals surface area contributed by atoms with E-state index in [0.717, 1.165) is 13.5 Å². The van der Waals surface area contributed by atoms with E-state index in [-0.39, 0.29) is 0 Å². The highest BCUT2D eigenvalue weighted by Gasteiger charge is 1.79. The first-order valence-electron chi connectivity index (χ1n) is 2.78. The largest absolute Gasteiger partial charge is 0.550 e. The Morgan fingerprint density at radius 1 is 1.80 bits per heavy atom. The number of hydrogen-bond acceptors (Lipinski definition) is 3. The lowest BCUT2D eigenvalue weighted by Gasteiger charge is -1.88. The second kappa shape index (κ2) is 8.32. The summed E-state index contributed by atoms with van der Waals surface area (Å²) in [6.45, 7) is 3.83. The van der Waals surface area contributed by atoms with Crippen molar-refractivity contribution in [3.05, 3.63) is 0 Å². The van der Waals surface area contributed by atoms with E-state index in [0.29, 0.717) is 5.11 Å². The van der Waals surface area contributed by atoms with Crippen molar-refractivity contribution in [1.29, 1.82) is 0 Å². The molecule has 4 nitrogen and oxygen atoms in total. The van der Waals surface area contributed by atoms with Crippen LogP contribution in [0.25, 0.3) is 0 Å². The number of carbonyl (C=O) groups is 1. The van der Waals surface area contributed by atoms with Crippen molar-refractivity contribution in [2.24, 2.45) is 0 Å². The molecule has 0 bridgehead atoms. The third kappa shape index (κ3) is 54.3. The molecular formula is C5H12N2O2S. The lowest BCUT2D eigenvalue weighted by Crippen LogP contribution is -2.62. The Balaban J connectivity index is 0. The molecule has 0 aromatic rings. The first-order chi connectivity index (χ1) is 4.50. The van der Waals surface area contributed by atoms with Gasteiger partial charge < -0.3 is 21.0 Å². The Kier molecular flexibility index (Phi) is 10.0. The quantitative estimate of drug-likeness (QED) is 0.434. The molecule has 0 rings (SSSR count). The van der Waals surface area contributed by atoms with Gasteiger partial charge in [-0.15, -0.1) is 0 Å². The topological polar surface area (TPSA) is 79.8 Å². The molecule has 0 aromatic carbocycles. The molecule has 4 N–H and O–H groups in total. The van der Waals surface area contributed by atoms with Crippen LogP contribution < -0.4 is 16.2 Å². The Morgan fingerprint density at radius 2 is 2.10 bits per heavy atom. The molecule has 10 heavy (non-hydrogen) atoms. The van der Waals surface area contributed by atoms with Crippen molar-refractivity contribution < 1.29 is 15.6 Å². The SMILES string of the molecule is CC(=O)[O-].CCNC([NH3+])=S. The maximum atomic E-state index is 8.89. The molecule has 60 valence electrons. The number of quaternary nitrogens is 1. The second-order valence-electron chi connectivity index (χ2n) is 1.45. The molecule has 5 heteroatoms. The van der Waals surface area contributed by atoms with E-state index in [4.69, 9.17) is 9.90 Å². The van der Waals surface area contributed by atoms with E-state index in [1.165, 1.54) is 0 Å². The van der Waals surface area contributed by atoms with Gasteiger partial charge in [-0.2, -0.15) is 0 Å². The number of hydrogen-bond donors (Lipinski definition) is 2. The lowest BCUT2D eigenvalue weighted by molar-refractivity contribution is -0.302. The first-order valence-corrected chi connectivity index (χ1v) is 3.18. The van der Waals surface area contributed by atoms with Crippen molar-refractivity contribution in [2.45, 2.75) is 13.8 Å². The van der Waals surface area contributed by atoms with Crippen LogP contribution in [0.4, 0.5) is 0 Å². The fourth-order valence-corrected chi connectivity index (χ4v) is 0.342. The molecule has 0 aliphatic rings. The van der Waals surface area contributed by atoms with Gasteiger partial charge in [0.2, 0.25) is 0 Å². The predicted molar refractivity (Wildman–Crippen MR) is 39.8 cm³/mol. The molecule has 0 aliphatic heterocycles. The molecular weight excluding hydrogens is 152 g/mol. The molecule has 0 amide bonds. The van der Waals surface area contributed by atoms with Crippen molar-refractivity contribution in [3.63, 3.8) is 0 Å². The molecule has 0 saturated heterocycles. The van der Waals surface area contributed by atoms with Gasteiger partial charge in [0.1, 0.15) is 0 Å². The second-order valence-corrected chi connectivity index (χ2v) is 1.94. The number of carboxylic acid groups (broad SMARTS) is 1. The highest BCUT2D eigenvalue weighted by Crippen LogP contribution is 1.49. The van der Waals surface area contributed by atoms with Crippen LogP contribution in [0.3, 0.4) is 0 Å².